The van der Waals surface area contributed by atoms with Crippen molar-refractivity contribution >= 4 is 18.3 Å². The fourth-order valence-corrected chi connectivity index (χ4v) is 1.48. The van der Waals surface area contributed by atoms with E-state index in [0.29, 0.717) is 19.4 Å². The first-order chi connectivity index (χ1) is 8.04. The molecule has 0 saturated heterocycles. The van der Waals surface area contributed by atoms with Crippen LogP contribution in [0.2, 0.25) is 0 Å². The standard InChI is InChI=1S/C13H19FN2O.ClH/c1-10(9-15)16(2)13(17)8-5-11-3-6-12(14)7-4-11;/h3-4,6-7,10H,5,8-9,15H2,1-2H3;1H. The second-order valence-electron chi connectivity index (χ2n) is 4.22. The van der Waals surface area contributed by atoms with Gasteiger partial charge in [0.2, 0.25) is 5.91 Å². The van der Waals surface area contributed by atoms with Crippen LogP contribution in [-0.4, -0.2) is 30.4 Å². The molecule has 1 unspecified atom stereocenters. The molecule has 3 nitrogen and oxygen atoms in total. The number of hydrogen-bond acceptors (Lipinski definition) is 2. The van der Waals surface area contributed by atoms with E-state index in [2.05, 4.69) is 0 Å². The van der Waals surface area contributed by atoms with E-state index in [-0.39, 0.29) is 30.2 Å². The van der Waals surface area contributed by atoms with Crippen LogP contribution in [-0.2, 0) is 11.2 Å². The number of halogens is 2. The van der Waals surface area contributed by atoms with Crippen molar-refractivity contribution in [2.45, 2.75) is 25.8 Å². The third-order valence-corrected chi connectivity index (χ3v) is 2.94. The zero-order valence-electron chi connectivity index (χ0n) is 10.7. The fraction of sp³-hybridized carbons (Fsp3) is 0.462. The summed E-state index contributed by atoms with van der Waals surface area (Å²) in [5, 5.41) is 0. The summed E-state index contributed by atoms with van der Waals surface area (Å²) in [6.07, 6.45) is 1.05. The molecular formula is C13H20ClFN2O. The molecule has 5 heteroatoms. The summed E-state index contributed by atoms with van der Waals surface area (Å²) in [6, 6.07) is 6.28. The number of nitrogens with two attached hydrogens (primary N) is 1. The average molecular weight is 275 g/mol. The van der Waals surface area contributed by atoms with Crippen molar-refractivity contribution < 1.29 is 9.18 Å². The minimum Gasteiger partial charge on any atom is -0.342 e. The monoisotopic (exact) mass is 274 g/mol. The maximum absolute atomic E-state index is 12.7. The molecule has 1 aromatic carbocycles. The minimum absolute atomic E-state index is 0. The molecule has 0 aliphatic rings. The van der Waals surface area contributed by atoms with Crippen LogP contribution in [0.15, 0.2) is 24.3 Å². The molecule has 0 radical (unpaired) electrons. The van der Waals surface area contributed by atoms with Gasteiger partial charge in [-0.1, -0.05) is 12.1 Å². The van der Waals surface area contributed by atoms with Gasteiger partial charge in [-0.2, -0.15) is 0 Å². The molecular weight excluding hydrogens is 255 g/mol. The summed E-state index contributed by atoms with van der Waals surface area (Å²) in [5.74, 6) is -0.193. The molecule has 0 aliphatic carbocycles. The van der Waals surface area contributed by atoms with Gasteiger partial charge >= 0.3 is 0 Å². The van der Waals surface area contributed by atoms with Crippen LogP contribution < -0.4 is 5.73 Å². The van der Waals surface area contributed by atoms with Crippen LogP contribution in [0, 0.1) is 5.82 Å². The van der Waals surface area contributed by atoms with Crippen LogP contribution >= 0.6 is 12.4 Å². The van der Waals surface area contributed by atoms with Crippen molar-refractivity contribution in [3.05, 3.63) is 35.6 Å². The lowest BCUT2D eigenvalue weighted by Gasteiger charge is -2.23. The van der Waals surface area contributed by atoms with Gasteiger partial charge in [0.15, 0.2) is 0 Å². The van der Waals surface area contributed by atoms with Gasteiger partial charge in [0.25, 0.3) is 0 Å². The lowest BCUT2D eigenvalue weighted by atomic mass is 10.1. The maximum atomic E-state index is 12.7. The third kappa shape index (κ3) is 5.02. The van der Waals surface area contributed by atoms with Crippen molar-refractivity contribution in [2.75, 3.05) is 13.6 Å². The van der Waals surface area contributed by atoms with Gasteiger partial charge in [-0.25, -0.2) is 4.39 Å². The molecule has 0 fully saturated rings. The molecule has 1 aromatic rings. The Morgan fingerprint density at radius 2 is 1.94 bits per heavy atom. The lowest BCUT2D eigenvalue weighted by Crippen LogP contribution is -2.39. The zero-order chi connectivity index (χ0) is 12.8. The van der Waals surface area contributed by atoms with Crippen LogP contribution in [0.25, 0.3) is 0 Å². The molecule has 0 aromatic heterocycles. The average Bonchev–Trinajstić information content (AvgIpc) is 2.35. The Hall–Kier alpha value is -1.13. The van der Waals surface area contributed by atoms with E-state index in [9.17, 15) is 9.18 Å². The van der Waals surface area contributed by atoms with Crippen molar-refractivity contribution in [1.82, 2.24) is 4.90 Å². The van der Waals surface area contributed by atoms with E-state index in [1.165, 1.54) is 12.1 Å². The normalized spacial score (nSPS) is 11.6. The highest BCUT2D eigenvalue weighted by Crippen LogP contribution is 2.07. The van der Waals surface area contributed by atoms with E-state index >= 15 is 0 Å². The highest BCUT2D eigenvalue weighted by molar-refractivity contribution is 5.85. The lowest BCUT2D eigenvalue weighted by molar-refractivity contribution is -0.131. The van der Waals surface area contributed by atoms with Gasteiger partial charge in [-0.05, 0) is 31.0 Å². The first kappa shape index (κ1) is 16.9. The van der Waals surface area contributed by atoms with Crippen LogP contribution in [0.5, 0.6) is 0 Å². The predicted octanol–water partition coefficient (Wildman–Crippen LogP) is 1.99. The van der Waals surface area contributed by atoms with Gasteiger partial charge < -0.3 is 10.6 Å². The number of carbonyl (C=O) groups is 1. The van der Waals surface area contributed by atoms with Crippen LogP contribution in [0.4, 0.5) is 4.39 Å². The third-order valence-electron chi connectivity index (χ3n) is 2.94. The Morgan fingerprint density at radius 3 is 2.44 bits per heavy atom. The zero-order valence-corrected chi connectivity index (χ0v) is 11.5. The quantitative estimate of drug-likeness (QED) is 0.893. The first-order valence-electron chi connectivity index (χ1n) is 5.74. The molecule has 0 aliphatic heterocycles. The molecule has 0 spiro atoms. The number of amides is 1. The summed E-state index contributed by atoms with van der Waals surface area (Å²) < 4.78 is 12.7. The number of benzene rings is 1. The summed E-state index contributed by atoms with van der Waals surface area (Å²) in [5.41, 5.74) is 6.47. The summed E-state index contributed by atoms with van der Waals surface area (Å²) in [6.45, 7) is 2.37. The minimum atomic E-state index is -0.256. The smallest absolute Gasteiger partial charge is 0.222 e. The number of rotatable bonds is 5. The molecule has 0 saturated carbocycles. The Labute approximate surface area is 114 Å². The number of nitrogens with zero attached hydrogens (tertiary/aromatic N) is 1. The van der Waals surface area contributed by atoms with E-state index in [4.69, 9.17) is 5.73 Å². The first-order valence-corrected chi connectivity index (χ1v) is 5.74. The SMILES string of the molecule is CC(CN)N(C)C(=O)CCc1ccc(F)cc1.Cl. The second-order valence-corrected chi connectivity index (χ2v) is 4.22. The molecule has 1 rings (SSSR count). The van der Waals surface area contributed by atoms with Gasteiger partial charge in [0.05, 0.1) is 0 Å². The Balaban J connectivity index is 0.00000289. The molecule has 2 N–H and O–H groups in total. The summed E-state index contributed by atoms with van der Waals surface area (Å²) >= 11 is 0. The van der Waals surface area contributed by atoms with E-state index in [0.717, 1.165) is 5.56 Å². The molecule has 0 heterocycles. The number of hydrogen-bond donors (Lipinski definition) is 1. The summed E-state index contributed by atoms with van der Waals surface area (Å²) in [4.78, 5) is 13.4. The Bertz CT molecular complexity index is 370. The van der Waals surface area contributed by atoms with E-state index in [1.807, 2.05) is 6.92 Å². The van der Waals surface area contributed by atoms with Crippen molar-refractivity contribution in [2.24, 2.45) is 5.73 Å². The van der Waals surface area contributed by atoms with Gasteiger partial charge in [0, 0.05) is 26.1 Å². The van der Waals surface area contributed by atoms with Gasteiger partial charge in [-0.3, -0.25) is 4.79 Å². The maximum Gasteiger partial charge on any atom is 0.222 e. The fourth-order valence-electron chi connectivity index (χ4n) is 1.48. The van der Waals surface area contributed by atoms with Crippen LogP contribution in [0.1, 0.15) is 18.9 Å². The van der Waals surface area contributed by atoms with E-state index < -0.39 is 0 Å². The van der Waals surface area contributed by atoms with Crippen LogP contribution in [0.3, 0.4) is 0 Å². The highest BCUT2D eigenvalue weighted by Gasteiger charge is 2.13. The highest BCUT2D eigenvalue weighted by atomic mass is 35.5. The topological polar surface area (TPSA) is 46.3 Å². The molecule has 0 bridgehead atoms. The number of aryl methyl sites for hydroxylation is 1. The van der Waals surface area contributed by atoms with Crippen molar-refractivity contribution in [3.8, 4) is 0 Å². The van der Waals surface area contributed by atoms with Gasteiger partial charge in [0.1, 0.15) is 5.82 Å². The van der Waals surface area contributed by atoms with Crippen molar-refractivity contribution in [3.63, 3.8) is 0 Å². The summed E-state index contributed by atoms with van der Waals surface area (Å²) in [7, 11) is 1.75. The number of carbonyl (C=O) groups excluding carboxylic acids is 1. The molecule has 1 amide bonds. The molecule has 1 atom stereocenters. The predicted molar refractivity (Wildman–Crippen MR) is 73.3 cm³/mol. The Kier molecular flexibility index (Phi) is 7.55. The van der Waals surface area contributed by atoms with E-state index in [1.54, 1.807) is 24.1 Å². The molecule has 18 heavy (non-hydrogen) atoms. The Morgan fingerprint density at radius 1 is 1.39 bits per heavy atom. The largest absolute Gasteiger partial charge is 0.342 e. The second kappa shape index (κ2) is 8.06. The van der Waals surface area contributed by atoms with Gasteiger partial charge in [-0.15, -0.1) is 12.4 Å². The molecule has 102 valence electrons. The number of likely N-dealkylation sites (N-methyl/N-ethyl adjacent to an activating group) is 1. The van der Waals surface area contributed by atoms with Crippen molar-refractivity contribution in [1.29, 1.82) is 0 Å².